The Labute approximate surface area is 93.7 Å². The van der Waals surface area contributed by atoms with Gasteiger partial charge in [-0.25, -0.2) is 0 Å². The van der Waals surface area contributed by atoms with Gasteiger partial charge < -0.3 is 10.4 Å². The molecule has 1 rings (SSSR count). The highest BCUT2D eigenvalue weighted by atomic mass is 16.4. The van der Waals surface area contributed by atoms with Crippen molar-refractivity contribution in [1.82, 2.24) is 4.98 Å². The summed E-state index contributed by atoms with van der Waals surface area (Å²) in [6.07, 6.45) is 3.00. The number of hydrogen-bond acceptors (Lipinski definition) is 4. The number of nitrogens with one attached hydrogen (secondary N) is 1. The number of aliphatic carboxylic acids is 1. The zero-order chi connectivity index (χ0) is 12.2. The van der Waals surface area contributed by atoms with Gasteiger partial charge in [0.15, 0.2) is 0 Å². The molecular weight excluding hydrogens is 206 g/mol. The van der Waals surface area contributed by atoms with Crippen LogP contribution in [0, 0.1) is 11.3 Å². The summed E-state index contributed by atoms with van der Waals surface area (Å²) in [5.41, 5.74) is 0.380. The lowest BCUT2D eigenvalue weighted by molar-refractivity contribution is -0.137. The number of hydrogen-bond donors (Lipinski definition) is 2. The van der Waals surface area contributed by atoms with Gasteiger partial charge in [-0.2, -0.15) is 5.26 Å². The largest absolute Gasteiger partial charge is 0.481 e. The van der Waals surface area contributed by atoms with Gasteiger partial charge in [-0.3, -0.25) is 9.78 Å². The SMILES string of the molecule is CC(C)(CC(=O)O)Nc1cnccc1C#N. The predicted molar refractivity (Wildman–Crippen MR) is 58.9 cm³/mol. The van der Waals surface area contributed by atoms with E-state index in [4.69, 9.17) is 10.4 Å². The van der Waals surface area contributed by atoms with Crippen molar-refractivity contribution in [3.05, 3.63) is 24.0 Å². The number of nitrogens with zero attached hydrogens (tertiary/aromatic N) is 2. The highest BCUT2D eigenvalue weighted by Gasteiger charge is 2.22. The van der Waals surface area contributed by atoms with Crippen LogP contribution in [0.25, 0.3) is 0 Å². The van der Waals surface area contributed by atoms with Gasteiger partial charge in [0.2, 0.25) is 0 Å². The molecular formula is C11H13N3O2. The average molecular weight is 219 g/mol. The molecule has 0 aromatic carbocycles. The zero-order valence-electron chi connectivity index (χ0n) is 9.19. The van der Waals surface area contributed by atoms with E-state index >= 15 is 0 Å². The third kappa shape index (κ3) is 3.24. The summed E-state index contributed by atoms with van der Waals surface area (Å²) in [6, 6.07) is 3.60. The molecule has 0 atom stereocenters. The van der Waals surface area contributed by atoms with Crippen LogP contribution in [-0.2, 0) is 4.79 Å². The second-order valence-electron chi connectivity index (χ2n) is 4.11. The Bertz CT molecular complexity index is 435. The first-order chi connectivity index (χ1) is 7.44. The van der Waals surface area contributed by atoms with Crippen molar-refractivity contribution in [3.63, 3.8) is 0 Å². The summed E-state index contributed by atoms with van der Waals surface area (Å²) < 4.78 is 0. The fourth-order valence-electron chi connectivity index (χ4n) is 1.38. The highest BCUT2D eigenvalue weighted by molar-refractivity contribution is 5.69. The van der Waals surface area contributed by atoms with E-state index in [1.807, 2.05) is 6.07 Å². The Morgan fingerprint density at radius 3 is 2.94 bits per heavy atom. The number of nitriles is 1. The van der Waals surface area contributed by atoms with Gasteiger partial charge in [-0.15, -0.1) is 0 Å². The van der Waals surface area contributed by atoms with Crippen LogP contribution in [0.5, 0.6) is 0 Å². The molecule has 5 nitrogen and oxygen atoms in total. The van der Waals surface area contributed by atoms with E-state index < -0.39 is 11.5 Å². The summed E-state index contributed by atoms with van der Waals surface area (Å²) in [5.74, 6) is -0.889. The third-order valence-corrected chi connectivity index (χ3v) is 2.01. The van der Waals surface area contributed by atoms with Crippen molar-refractivity contribution in [2.75, 3.05) is 5.32 Å². The molecule has 2 N–H and O–H groups in total. The van der Waals surface area contributed by atoms with Crippen LogP contribution >= 0.6 is 0 Å². The van der Waals surface area contributed by atoms with Gasteiger partial charge >= 0.3 is 5.97 Å². The second kappa shape index (κ2) is 4.62. The van der Waals surface area contributed by atoms with Crippen molar-refractivity contribution in [3.8, 4) is 6.07 Å². The fraction of sp³-hybridized carbons (Fsp3) is 0.364. The lowest BCUT2D eigenvalue weighted by Gasteiger charge is -2.25. The van der Waals surface area contributed by atoms with E-state index in [1.165, 1.54) is 12.4 Å². The summed E-state index contributed by atoms with van der Waals surface area (Å²) in [5, 5.41) is 20.6. The van der Waals surface area contributed by atoms with Crippen LogP contribution in [0.2, 0.25) is 0 Å². The monoisotopic (exact) mass is 219 g/mol. The van der Waals surface area contributed by atoms with Crippen LogP contribution in [0.1, 0.15) is 25.8 Å². The molecule has 1 heterocycles. The molecule has 0 spiro atoms. The van der Waals surface area contributed by atoms with Crippen molar-refractivity contribution in [2.45, 2.75) is 25.8 Å². The van der Waals surface area contributed by atoms with E-state index in [2.05, 4.69) is 10.3 Å². The zero-order valence-corrected chi connectivity index (χ0v) is 9.19. The van der Waals surface area contributed by atoms with Crippen molar-refractivity contribution >= 4 is 11.7 Å². The Balaban J connectivity index is 2.88. The molecule has 0 saturated heterocycles. The molecule has 84 valence electrons. The Morgan fingerprint density at radius 1 is 1.69 bits per heavy atom. The number of carboxylic acids is 1. The number of carboxylic acid groups (broad SMARTS) is 1. The first kappa shape index (κ1) is 12.0. The number of rotatable bonds is 4. The number of aromatic nitrogens is 1. The van der Waals surface area contributed by atoms with Gasteiger partial charge in [0, 0.05) is 11.7 Å². The standard InChI is InChI=1S/C11H13N3O2/c1-11(2,5-10(15)16)14-9-7-13-4-3-8(9)6-12/h3-4,7,14H,5H2,1-2H3,(H,15,16). The molecule has 0 aliphatic carbocycles. The van der Waals surface area contributed by atoms with Crippen molar-refractivity contribution < 1.29 is 9.90 Å². The fourth-order valence-corrected chi connectivity index (χ4v) is 1.38. The molecule has 0 unspecified atom stereocenters. The van der Waals surface area contributed by atoms with Crippen LogP contribution in [0.4, 0.5) is 5.69 Å². The summed E-state index contributed by atoms with van der Waals surface area (Å²) >= 11 is 0. The first-order valence-electron chi connectivity index (χ1n) is 4.79. The van der Waals surface area contributed by atoms with Crippen molar-refractivity contribution in [1.29, 1.82) is 5.26 Å². The molecule has 0 saturated carbocycles. The molecule has 0 aliphatic rings. The topological polar surface area (TPSA) is 86.0 Å². The maximum Gasteiger partial charge on any atom is 0.305 e. The number of anilines is 1. The minimum atomic E-state index is -0.889. The summed E-state index contributed by atoms with van der Waals surface area (Å²) in [6.45, 7) is 3.52. The molecule has 0 radical (unpaired) electrons. The van der Waals surface area contributed by atoms with E-state index in [0.717, 1.165) is 0 Å². The van der Waals surface area contributed by atoms with Crippen LogP contribution in [-0.4, -0.2) is 21.6 Å². The molecule has 16 heavy (non-hydrogen) atoms. The molecule has 0 aliphatic heterocycles. The smallest absolute Gasteiger partial charge is 0.305 e. The van der Waals surface area contributed by atoms with Gasteiger partial charge in [0.25, 0.3) is 0 Å². The van der Waals surface area contributed by atoms with Gasteiger partial charge in [0.05, 0.1) is 23.9 Å². The van der Waals surface area contributed by atoms with Gasteiger partial charge in [-0.05, 0) is 19.9 Å². The minimum absolute atomic E-state index is 0.0350. The van der Waals surface area contributed by atoms with Crippen LogP contribution in [0.3, 0.4) is 0 Å². The maximum absolute atomic E-state index is 10.6. The minimum Gasteiger partial charge on any atom is -0.481 e. The highest BCUT2D eigenvalue weighted by Crippen LogP contribution is 2.20. The second-order valence-corrected chi connectivity index (χ2v) is 4.11. The van der Waals surface area contributed by atoms with Crippen LogP contribution in [0.15, 0.2) is 18.5 Å². The van der Waals surface area contributed by atoms with E-state index in [-0.39, 0.29) is 6.42 Å². The molecule has 1 aromatic rings. The quantitative estimate of drug-likeness (QED) is 0.803. The first-order valence-corrected chi connectivity index (χ1v) is 4.79. The van der Waals surface area contributed by atoms with Gasteiger partial charge in [0.1, 0.15) is 6.07 Å². The molecule has 0 fully saturated rings. The Kier molecular flexibility index (Phi) is 3.46. The summed E-state index contributed by atoms with van der Waals surface area (Å²) in [7, 11) is 0. The van der Waals surface area contributed by atoms with E-state index in [1.54, 1.807) is 19.9 Å². The third-order valence-electron chi connectivity index (χ3n) is 2.01. The maximum atomic E-state index is 10.6. The normalized spacial score (nSPS) is 10.6. The number of carbonyl (C=O) groups is 1. The molecule has 0 bridgehead atoms. The van der Waals surface area contributed by atoms with Crippen LogP contribution < -0.4 is 5.32 Å². The molecule has 0 amide bonds. The van der Waals surface area contributed by atoms with Gasteiger partial charge in [-0.1, -0.05) is 0 Å². The predicted octanol–water partition coefficient (Wildman–Crippen LogP) is 1.62. The molecule has 1 aromatic heterocycles. The lowest BCUT2D eigenvalue weighted by Crippen LogP contribution is -2.34. The lowest BCUT2D eigenvalue weighted by atomic mass is 10.00. The Morgan fingerprint density at radius 2 is 2.38 bits per heavy atom. The Hall–Kier alpha value is -2.09. The molecule has 5 heteroatoms. The van der Waals surface area contributed by atoms with E-state index in [0.29, 0.717) is 11.3 Å². The average Bonchev–Trinajstić information content (AvgIpc) is 2.15. The van der Waals surface area contributed by atoms with E-state index in [9.17, 15) is 4.79 Å². The summed E-state index contributed by atoms with van der Waals surface area (Å²) in [4.78, 5) is 14.5. The van der Waals surface area contributed by atoms with Crippen molar-refractivity contribution in [2.24, 2.45) is 0 Å². The number of pyridine rings is 1.